The lowest BCUT2D eigenvalue weighted by Gasteiger charge is -2.27. The van der Waals surface area contributed by atoms with Crippen LogP contribution in [-0.2, 0) is 18.0 Å². The molecule has 1 aromatic heterocycles. The van der Waals surface area contributed by atoms with E-state index in [9.17, 15) is 9.90 Å². The molecule has 1 N–H and O–H groups in total. The van der Waals surface area contributed by atoms with Crippen molar-refractivity contribution in [1.29, 1.82) is 0 Å². The van der Waals surface area contributed by atoms with Crippen molar-refractivity contribution in [3.05, 3.63) is 87.9 Å². The molecule has 4 aromatic rings. The topological polar surface area (TPSA) is 88.6 Å². The van der Waals surface area contributed by atoms with Gasteiger partial charge >= 0.3 is 0 Å². The Labute approximate surface area is 223 Å². The van der Waals surface area contributed by atoms with E-state index in [0.717, 1.165) is 18.7 Å². The molecule has 0 bridgehead atoms. The summed E-state index contributed by atoms with van der Waals surface area (Å²) in [7, 11) is 0. The number of benzene rings is 3. The van der Waals surface area contributed by atoms with Crippen molar-refractivity contribution in [2.45, 2.75) is 13.3 Å². The van der Waals surface area contributed by atoms with Crippen LogP contribution in [0.2, 0.25) is 10.0 Å². The number of amides is 1. The van der Waals surface area contributed by atoms with E-state index < -0.39 is 5.91 Å². The first-order chi connectivity index (χ1) is 18.0. The fourth-order valence-electron chi connectivity index (χ4n) is 4.10. The average molecular weight is 539 g/mol. The molecule has 2 heterocycles. The Bertz CT molecular complexity index is 1430. The Kier molecular flexibility index (Phi) is 7.71. The summed E-state index contributed by atoms with van der Waals surface area (Å²) >= 11 is 12.4. The standard InChI is InChI=1S/C27H24Cl2N4O4/c28-20-8-4-18(5-9-20)16-37-21-10-6-19(7-11-21)26(34)31-30-25-24-22(29)2-1-3-23(24)33(27(25)35)17-32-12-14-36-15-13-32/h1-11,35H,12-17H2. The second-order valence-corrected chi connectivity index (χ2v) is 9.39. The Balaban J connectivity index is 1.32. The molecular weight excluding hydrogens is 515 g/mol. The Morgan fingerprint density at radius 2 is 1.73 bits per heavy atom. The van der Waals surface area contributed by atoms with Crippen molar-refractivity contribution in [3.8, 4) is 11.6 Å². The Morgan fingerprint density at radius 1 is 1.00 bits per heavy atom. The maximum Gasteiger partial charge on any atom is 0.295 e. The minimum absolute atomic E-state index is 0.0999. The predicted molar refractivity (Wildman–Crippen MR) is 142 cm³/mol. The summed E-state index contributed by atoms with van der Waals surface area (Å²) < 4.78 is 12.9. The molecular formula is C27H24Cl2N4O4. The van der Waals surface area contributed by atoms with Crippen LogP contribution in [0.1, 0.15) is 15.9 Å². The van der Waals surface area contributed by atoms with E-state index in [4.69, 9.17) is 32.7 Å². The number of aromatic nitrogens is 1. The summed E-state index contributed by atoms with van der Waals surface area (Å²) in [5.74, 6) is -0.0408. The molecule has 0 unspecified atom stereocenters. The van der Waals surface area contributed by atoms with Gasteiger partial charge < -0.3 is 14.6 Å². The number of rotatable bonds is 7. The largest absolute Gasteiger partial charge is 0.493 e. The lowest BCUT2D eigenvalue weighted by molar-refractivity contribution is 0.0231. The number of nitrogens with zero attached hydrogens (tertiary/aromatic N) is 4. The lowest BCUT2D eigenvalue weighted by atomic mass is 10.2. The van der Waals surface area contributed by atoms with Gasteiger partial charge in [-0.05, 0) is 54.1 Å². The first-order valence-electron chi connectivity index (χ1n) is 11.7. The molecule has 0 spiro atoms. The molecule has 1 saturated heterocycles. The molecule has 1 aliphatic rings. The van der Waals surface area contributed by atoms with Crippen LogP contribution in [0.15, 0.2) is 77.0 Å². The molecule has 5 rings (SSSR count). The van der Waals surface area contributed by atoms with Crippen LogP contribution >= 0.6 is 23.2 Å². The summed E-state index contributed by atoms with van der Waals surface area (Å²) in [5.41, 5.74) is 2.18. The van der Waals surface area contributed by atoms with Gasteiger partial charge in [-0.2, -0.15) is 0 Å². The molecule has 190 valence electrons. The van der Waals surface area contributed by atoms with Crippen LogP contribution in [0.3, 0.4) is 0 Å². The molecule has 3 aromatic carbocycles. The fourth-order valence-corrected chi connectivity index (χ4v) is 4.49. The number of carbonyl (C=O) groups excluding carboxylic acids is 1. The smallest absolute Gasteiger partial charge is 0.295 e. The van der Waals surface area contributed by atoms with E-state index in [1.807, 2.05) is 24.3 Å². The first-order valence-corrected chi connectivity index (χ1v) is 12.5. The molecule has 1 fully saturated rings. The van der Waals surface area contributed by atoms with Gasteiger partial charge in [0.2, 0.25) is 5.88 Å². The van der Waals surface area contributed by atoms with Crippen LogP contribution in [0.5, 0.6) is 11.6 Å². The number of aromatic hydroxyl groups is 1. The van der Waals surface area contributed by atoms with Gasteiger partial charge in [0, 0.05) is 23.7 Å². The molecule has 0 aliphatic carbocycles. The van der Waals surface area contributed by atoms with Gasteiger partial charge in [-0.25, -0.2) is 0 Å². The van der Waals surface area contributed by atoms with Crippen molar-refractivity contribution in [2.24, 2.45) is 10.2 Å². The van der Waals surface area contributed by atoms with E-state index in [-0.39, 0.29) is 11.6 Å². The van der Waals surface area contributed by atoms with E-state index in [1.54, 1.807) is 47.0 Å². The van der Waals surface area contributed by atoms with Gasteiger partial charge in [0.1, 0.15) is 12.4 Å². The number of hydrogen-bond acceptors (Lipinski definition) is 6. The normalized spacial score (nSPS) is 14.4. The number of hydrogen-bond donors (Lipinski definition) is 1. The zero-order valence-electron chi connectivity index (χ0n) is 19.8. The summed E-state index contributed by atoms with van der Waals surface area (Å²) in [4.78, 5) is 14.9. The number of halogens is 2. The monoisotopic (exact) mass is 538 g/mol. The van der Waals surface area contributed by atoms with Crippen molar-refractivity contribution < 1.29 is 19.4 Å². The van der Waals surface area contributed by atoms with E-state index in [2.05, 4.69) is 15.1 Å². The number of morpholine rings is 1. The zero-order valence-corrected chi connectivity index (χ0v) is 21.3. The maximum absolute atomic E-state index is 12.7. The number of ether oxygens (including phenoxy) is 2. The second kappa shape index (κ2) is 11.3. The summed E-state index contributed by atoms with van der Waals surface area (Å²) in [6.07, 6.45) is 0. The van der Waals surface area contributed by atoms with Crippen LogP contribution in [0, 0.1) is 0 Å². The second-order valence-electron chi connectivity index (χ2n) is 8.55. The van der Waals surface area contributed by atoms with Gasteiger partial charge in [0.05, 0.1) is 35.8 Å². The highest BCUT2D eigenvalue weighted by atomic mass is 35.5. The molecule has 8 nitrogen and oxygen atoms in total. The Morgan fingerprint density at radius 3 is 2.46 bits per heavy atom. The number of azo groups is 1. The molecule has 10 heteroatoms. The first kappa shape index (κ1) is 25.2. The lowest BCUT2D eigenvalue weighted by Crippen LogP contribution is -2.37. The highest BCUT2D eigenvalue weighted by molar-refractivity contribution is 6.36. The van der Waals surface area contributed by atoms with Crippen LogP contribution in [-0.4, -0.2) is 46.8 Å². The van der Waals surface area contributed by atoms with Crippen molar-refractivity contribution in [3.63, 3.8) is 0 Å². The highest BCUT2D eigenvalue weighted by Gasteiger charge is 2.22. The minimum atomic E-state index is -0.551. The number of carbonyl (C=O) groups is 1. The van der Waals surface area contributed by atoms with Gasteiger partial charge in [-0.1, -0.05) is 41.4 Å². The van der Waals surface area contributed by atoms with Gasteiger partial charge in [-0.3, -0.25) is 14.3 Å². The van der Waals surface area contributed by atoms with E-state index >= 15 is 0 Å². The molecule has 0 saturated carbocycles. The quantitative estimate of drug-likeness (QED) is 0.273. The third-order valence-corrected chi connectivity index (χ3v) is 6.66. The summed E-state index contributed by atoms with van der Waals surface area (Å²) in [6, 6.07) is 19.4. The maximum atomic E-state index is 12.7. The summed E-state index contributed by atoms with van der Waals surface area (Å²) in [6.45, 7) is 3.56. The van der Waals surface area contributed by atoms with Crippen LogP contribution in [0.25, 0.3) is 10.9 Å². The minimum Gasteiger partial charge on any atom is -0.493 e. The van der Waals surface area contributed by atoms with Crippen LogP contribution in [0.4, 0.5) is 5.69 Å². The Hall–Kier alpha value is -3.43. The van der Waals surface area contributed by atoms with Crippen LogP contribution < -0.4 is 4.74 Å². The molecule has 1 amide bonds. The number of fused-ring (bicyclic) bond motifs is 1. The molecule has 1 aliphatic heterocycles. The van der Waals surface area contributed by atoms with Crippen molar-refractivity contribution in [1.82, 2.24) is 9.47 Å². The highest BCUT2D eigenvalue weighted by Crippen LogP contribution is 2.42. The predicted octanol–water partition coefficient (Wildman–Crippen LogP) is 6.45. The molecule has 37 heavy (non-hydrogen) atoms. The van der Waals surface area contributed by atoms with Gasteiger partial charge in [0.25, 0.3) is 5.91 Å². The molecule has 0 atom stereocenters. The van der Waals surface area contributed by atoms with Gasteiger partial charge in [0.15, 0.2) is 5.69 Å². The van der Waals surface area contributed by atoms with E-state index in [1.165, 1.54) is 0 Å². The molecule has 0 radical (unpaired) electrons. The van der Waals surface area contributed by atoms with Crippen molar-refractivity contribution >= 4 is 45.7 Å². The SMILES string of the molecule is O=C(N=Nc1c(O)n(CN2CCOCC2)c2cccc(Cl)c12)c1ccc(OCc2ccc(Cl)cc2)cc1. The third kappa shape index (κ3) is 5.78. The summed E-state index contributed by atoms with van der Waals surface area (Å²) in [5, 5.41) is 20.6. The fraction of sp³-hybridized carbons (Fsp3) is 0.222. The third-order valence-electron chi connectivity index (χ3n) is 6.09. The average Bonchev–Trinajstić information content (AvgIpc) is 3.19. The van der Waals surface area contributed by atoms with Gasteiger partial charge in [-0.15, -0.1) is 10.2 Å². The zero-order chi connectivity index (χ0) is 25.8. The van der Waals surface area contributed by atoms with Crippen molar-refractivity contribution in [2.75, 3.05) is 26.3 Å². The van der Waals surface area contributed by atoms with E-state index in [0.29, 0.717) is 58.8 Å².